The van der Waals surface area contributed by atoms with E-state index in [1.165, 1.54) is 12.1 Å². The van der Waals surface area contributed by atoms with Crippen LogP contribution in [0.3, 0.4) is 0 Å². The normalized spacial score (nSPS) is 12.9. The predicted molar refractivity (Wildman–Crippen MR) is 67.3 cm³/mol. The van der Waals surface area contributed by atoms with E-state index >= 15 is 0 Å². The van der Waals surface area contributed by atoms with Crippen molar-refractivity contribution in [2.45, 2.75) is 0 Å². The SMILES string of the molecule is O=P(O)(O)c1ccc(P(=O)(O)O)c2ccccc12. The fourth-order valence-electron chi connectivity index (χ4n) is 1.78. The Kier molecular flexibility index (Phi) is 3.19. The van der Waals surface area contributed by atoms with Gasteiger partial charge in [0.05, 0.1) is 10.6 Å². The molecular weight excluding hydrogens is 278 g/mol. The Morgan fingerprint density at radius 2 is 1.00 bits per heavy atom. The molecule has 2 aromatic carbocycles. The Morgan fingerprint density at radius 1 is 0.667 bits per heavy atom. The van der Waals surface area contributed by atoms with Gasteiger partial charge in [-0.1, -0.05) is 24.3 Å². The van der Waals surface area contributed by atoms with Gasteiger partial charge in [-0.25, -0.2) is 0 Å². The highest BCUT2D eigenvalue weighted by molar-refractivity contribution is 7.62. The summed E-state index contributed by atoms with van der Waals surface area (Å²) >= 11 is 0. The van der Waals surface area contributed by atoms with Gasteiger partial charge in [-0.15, -0.1) is 0 Å². The minimum atomic E-state index is -4.49. The quantitative estimate of drug-likeness (QED) is 0.596. The molecule has 0 aliphatic rings. The van der Waals surface area contributed by atoms with Crippen molar-refractivity contribution >= 4 is 36.6 Å². The molecule has 18 heavy (non-hydrogen) atoms. The largest absolute Gasteiger partial charge is 0.356 e. The van der Waals surface area contributed by atoms with Crippen LogP contribution < -0.4 is 10.6 Å². The molecule has 0 aliphatic carbocycles. The summed E-state index contributed by atoms with van der Waals surface area (Å²) in [6, 6.07) is 8.04. The van der Waals surface area contributed by atoms with Crippen molar-refractivity contribution in [2.24, 2.45) is 0 Å². The highest BCUT2D eigenvalue weighted by Crippen LogP contribution is 2.40. The second kappa shape index (κ2) is 4.28. The van der Waals surface area contributed by atoms with Crippen LogP contribution in [0.5, 0.6) is 0 Å². The van der Waals surface area contributed by atoms with Gasteiger partial charge in [0.15, 0.2) is 0 Å². The topological polar surface area (TPSA) is 115 Å². The number of rotatable bonds is 2. The summed E-state index contributed by atoms with van der Waals surface area (Å²) in [4.78, 5) is 36.8. The van der Waals surface area contributed by atoms with Crippen molar-refractivity contribution in [3.63, 3.8) is 0 Å². The third-order valence-electron chi connectivity index (χ3n) is 2.51. The number of hydrogen-bond acceptors (Lipinski definition) is 2. The van der Waals surface area contributed by atoms with E-state index in [2.05, 4.69) is 0 Å². The van der Waals surface area contributed by atoms with E-state index < -0.39 is 15.2 Å². The van der Waals surface area contributed by atoms with Crippen LogP contribution in [0.15, 0.2) is 36.4 Å². The lowest BCUT2D eigenvalue weighted by Crippen LogP contribution is -2.13. The second-order valence-electron chi connectivity index (χ2n) is 3.74. The molecule has 0 saturated carbocycles. The molecule has 0 radical (unpaired) electrons. The first-order chi connectivity index (χ1) is 8.21. The molecule has 2 aromatic rings. The Bertz CT molecular complexity index is 638. The van der Waals surface area contributed by atoms with Gasteiger partial charge in [0.25, 0.3) is 0 Å². The summed E-state index contributed by atoms with van der Waals surface area (Å²) < 4.78 is 22.6. The zero-order valence-corrected chi connectivity index (χ0v) is 10.8. The smallest absolute Gasteiger partial charge is 0.321 e. The molecule has 8 heteroatoms. The number of benzene rings is 2. The Morgan fingerprint density at radius 3 is 1.28 bits per heavy atom. The molecule has 0 atom stereocenters. The van der Waals surface area contributed by atoms with Crippen LogP contribution in [-0.4, -0.2) is 19.6 Å². The van der Waals surface area contributed by atoms with E-state index in [4.69, 9.17) is 0 Å². The van der Waals surface area contributed by atoms with Gasteiger partial charge in [0.1, 0.15) is 0 Å². The third kappa shape index (κ3) is 2.40. The maximum absolute atomic E-state index is 11.3. The second-order valence-corrected chi connectivity index (χ2v) is 6.88. The van der Waals surface area contributed by atoms with Gasteiger partial charge in [-0.3, -0.25) is 9.13 Å². The molecule has 0 amide bonds. The maximum Gasteiger partial charge on any atom is 0.356 e. The summed E-state index contributed by atoms with van der Waals surface area (Å²) in [5.41, 5.74) is 0. The van der Waals surface area contributed by atoms with Gasteiger partial charge in [-0.05, 0) is 22.9 Å². The molecule has 0 aliphatic heterocycles. The average molecular weight is 288 g/mol. The molecular formula is C10H10O6P2. The van der Waals surface area contributed by atoms with Gasteiger partial charge in [0, 0.05) is 0 Å². The highest BCUT2D eigenvalue weighted by Gasteiger charge is 2.26. The molecule has 0 aromatic heterocycles. The van der Waals surface area contributed by atoms with Crippen LogP contribution in [0.25, 0.3) is 10.8 Å². The first-order valence-corrected chi connectivity index (χ1v) is 8.08. The first-order valence-electron chi connectivity index (χ1n) is 4.85. The predicted octanol–water partition coefficient (Wildman–Crippen LogP) is 0.446. The van der Waals surface area contributed by atoms with Gasteiger partial charge in [0.2, 0.25) is 0 Å². The van der Waals surface area contributed by atoms with Crippen molar-refractivity contribution in [2.75, 3.05) is 0 Å². The van der Waals surface area contributed by atoms with Crippen LogP contribution in [0.1, 0.15) is 0 Å². The molecule has 0 unspecified atom stereocenters. The molecule has 6 nitrogen and oxygen atoms in total. The van der Waals surface area contributed by atoms with E-state index in [0.717, 1.165) is 12.1 Å². The summed E-state index contributed by atoms with van der Waals surface area (Å²) in [5.74, 6) is 0. The van der Waals surface area contributed by atoms with Crippen LogP contribution in [-0.2, 0) is 9.13 Å². The fraction of sp³-hybridized carbons (Fsp3) is 0. The minimum Gasteiger partial charge on any atom is -0.321 e. The maximum atomic E-state index is 11.3. The highest BCUT2D eigenvalue weighted by atomic mass is 31.2. The van der Waals surface area contributed by atoms with Crippen LogP contribution in [0, 0.1) is 0 Å². The third-order valence-corrected chi connectivity index (χ3v) is 4.54. The number of fused-ring (bicyclic) bond motifs is 1. The van der Waals surface area contributed by atoms with E-state index in [1.54, 1.807) is 12.1 Å². The molecule has 0 fully saturated rings. The molecule has 0 heterocycles. The van der Waals surface area contributed by atoms with Gasteiger partial charge < -0.3 is 19.6 Å². The minimum absolute atomic E-state index is 0.145. The summed E-state index contributed by atoms with van der Waals surface area (Å²) in [5, 5.41) is -0.191. The number of hydrogen-bond donors (Lipinski definition) is 4. The summed E-state index contributed by atoms with van der Waals surface area (Å²) in [6.45, 7) is 0. The van der Waals surface area contributed by atoms with Crippen LogP contribution in [0.4, 0.5) is 0 Å². The van der Waals surface area contributed by atoms with Crippen LogP contribution in [0.2, 0.25) is 0 Å². The van der Waals surface area contributed by atoms with E-state index in [0.29, 0.717) is 0 Å². The van der Waals surface area contributed by atoms with Gasteiger partial charge >= 0.3 is 15.2 Å². The van der Waals surface area contributed by atoms with Crippen molar-refractivity contribution in [3.05, 3.63) is 36.4 Å². The van der Waals surface area contributed by atoms with Crippen molar-refractivity contribution in [1.29, 1.82) is 0 Å². The molecule has 0 saturated heterocycles. The standard InChI is InChI=1S/C10H10O6P2/c11-17(12,13)9-5-6-10(18(14,15)16)8-4-2-1-3-7(8)9/h1-6H,(H2,11,12,13)(H2,14,15,16). The summed E-state index contributed by atoms with van der Waals surface area (Å²) in [6.07, 6.45) is 0. The molecule has 4 N–H and O–H groups in total. The van der Waals surface area contributed by atoms with E-state index in [-0.39, 0.29) is 21.4 Å². The lowest BCUT2D eigenvalue weighted by Gasteiger charge is -2.12. The Balaban J connectivity index is 2.92. The monoisotopic (exact) mass is 288 g/mol. The van der Waals surface area contributed by atoms with Crippen molar-refractivity contribution in [1.82, 2.24) is 0 Å². The average Bonchev–Trinajstić information content (AvgIpc) is 2.24. The lowest BCUT2D eigenvalue weighted by molar-refractivity contribution is 0.385. The molecule has 2 rings (SSSR count). The Labute approximate surface area is 102 Å². The van der Waals surface area contributed by atoms with Gasteiger partial charge in [-0.2, -0.15) is 0 Å². The first kappa shape index (κ1) is 13.4. The fourth-order valence-corrected chi connectivity index (χ4v) is 3.33. The van der Waals surface area contributed by atoms with Crippen molar-refractivity contribution < 1.29 is 28.7 Å². The zero-order chi connectivity index (χ0) is 13.6. The molecule has 0 bridgehead atoms. The molecule has 0 spiro atoms. The molecule has 96 valence electrons. The summed E-state index contributed by atoms with van der Waals surface area (Å²) in [7, 11) is -8.98. The van der Waals surface area contributed by atoms with E-state index in [9.17, 15) is 28.7 Å². The lowest BCUT2D eigenvalue weighted by atomic mass is 10.1. The van der Waals surface area contributed by atoms with Crippen LogP contribution >= 0.6 is 15.2 Å². The van der Waals surface area contributed by atoms with E-state index in [1.807, 2.05) is 0 Å². The van der Waals surface area contributed by atoms with Crippen molar-refractivity contribution in [3.8, 4) is 0 Å². The zero-order valence-electron chi connectivity index (χ0n) is 8.96. The Hall–Kier alpha value is -1.00.